The molecule has 1 aromatic carbocycles. The Hall–Kier alpha value is -1.59. The first-order chi connectivity index (χ1) is 8.62. The highest BCUT2D eigenvalue weighted by Crippen LogP contribution is 2.20. The molecule has 1 aromatic rings. The van der Waals surface area contributed by atoms with Crippen molar-refractivity contribution in [2.24, 2.45) is 5.73 Å². The summed E-state index contributed by atoms with van der Waals surface area (Å²) in [6.07, 6.45) is 0.0197. The van der Waals surface area contributed by atoms with Crippen LogP contribution in [0.2, 0.25) is 0 Å². The maximum atomic E-state index is 12.0. The molecular weight excluding hydrogens is 232 g/mol. The van der Waals surface area contributed by atoms with E-state index in [1.165, 1.54) is 0 Å². The molecule has 1 atom stereocenters. The average Bonchev–Trinajstić information content (AvgIpc) is 2.43. The summed E-state index contributed by atoms with van der Waals surface area (Å²) in [5, 5.41) is 0. The van der Waals surface area contributed by atoms with E-state index in [1.807, 2.05) is 24.3 Å². The van der Waals surface area contributed by atoms with E-state index in [0.29, 0.717) is 12.3 Å². The molecule has 0 saturated heterocycles. The zero-order valence-corrected chi connectivity index (χ0v) is 11.1. The van der Waals surface area contributed by atoms with Crippen molar-refractivity contribution in [3.8, 4) is 5.75 Å². The summed E-state index contributed by atoms with van der Waals surface area (Å²) in [4.78, 5) is 13.6. The van der Waals surface area contributed by atoms with Crippen LogP contribution in [-0.4, -0.2) is 39.8 Å². The average molecular weight is 252 g/mol. The summed E-state index contributed by atoms with van der Waals surface area (Å²) in [5.74, 6) is 0.676. The van der Waals surface area contributed by atoms with Crippen LogP contribution >= 0.6 is 0 Å². The van der Waals surface area contributed by atoms with E-state index in [4.69, 9.17) is 15.2 Å². The lowest BCUT2D eigenvalue weighted by molar-refractivity contribution is -0.120. The van der Waals surface area contributed by atoms with Crippen LogP contribution in [0, 0.1) is 0 Å². The number of hydrogen-bond acceptors (Lipinski definition) is 4. The van der Waals surface area contributed by atoms with Gasteiger partial charge >= 0.3 is 0 Å². The van der Waals surface area contributed by atoms with Gasteiger partial charge in [-0.25, -0.2) is 0 Å². The number of carbonyl (C=O) groups is 1. The first kappa shape index (κ1) is 14.5. The van der Waals surface area contributed by atoms with Gasteiger partial charge in [0, 0.05) is 32.5 Å². The minimum absolute atomic E-state index is 0.0412. The standard InChI is InChI=1S/C13H20N2O3/c1-15(13(16)8-12(9-14)18-3)10-5-4-6-11(7-10)17-2/h4-7,12H,8-9,14H2,1-3H3. The third kappa shape index (κ3) is 3.72. The molecule has 0 radical (unpaired) electrons. The molecule has 100 valence electrons. The third-order valence-electron chi connectivity index (χ3n) is 2.81. The quantitative estimate of drug-likeness (QED) is 0.821. The first-order valence-corrected chi connectivity index (χ1v) is 5.75. The van der Waals surface area contributed by atoms with Gasteiger partial charge in [0.1, 0.15) is 5.75 Å². The van der Waals surface area contributed by atoms with Crippen molar-refractivity contribution in [3.63, 3.8) is 0 Å². The number of amides is 1. The molecule has 5 nitrogen and oxygen atoms in total. The van der Waals surface area contributed by atoms with Crippen molar-refractivity contribution >= 4 is 11.6 Å². The van der Waals surface area contributed by atoms with E-state index in [-0.39, 0.29) is 18.4 Å². The Morgan fingerprint density at radius 2 is 2.17 bits per heavy atom. The second-order valence-electron chi connectivity index (χ2n) is 3.95. The highest BCUT2D eigenvalue weighted by Gasteiger charge is 2.16. The number of anilines is 1. The van der Waals surface area contributed by atoms with Gasteiger partial charge in [-0.05, 0) is 12.1 Å². The number of benzene rings is 1. The van der Waals surface area contributed by atoms with E-state index < -0.39 is 0 Å². The number of methoxy groups -OCH3 is 2. The summed E-state index contributed by atoms with van der Waals surface area (Å²) in [6, 6.07) is 7.33. The lowest BCUT2D eigenvalue weighted by atomic mass is 10.2. The minimum atomic E-state index is -0.245. The van der Waals surface area contributed by atoms with Crippen molar-refractivity contribution in [2.45, 2.75) is 12.5 Å². The molecule has 0 aliphatic rings. The molecule has 0 heterocycles. The molecule has 18 heavy (non-hydrogen) atoms. The topological polar surface area (TPSA) is 64.8 Å². The maximum Gasteiger partial charge on any atom is 0.229 e. The van der Waals surface area contributed by atoms with Gasteiger partial charge in [-0.1, -0.05) is 6.07 Å². The first-order valence-electron chi connectivity index (χ1n) is 5.75. The summed E-state index contributed by atoms with van der Waals surface area (Å²) in [7, 11) is 4.87. The van der Waals surface area contributed by atoms with E-state index in [9.17, 15) is 4.79 Å². The van der Waals surface area contributed by atoms with Crippen LogP contribution in [0.4, 0.5) is 5.69 Å². The van der Waals surface area contributed by atoms with E-state index >= 15 is 0 Å². The van der Waals surface area contributed by atoms with Gasteiger partial charge in [0.2, 0.25) is 5.91 Å². The van der Waals surface area contributed by atoms with Crippen LogP contribution in [0.1, 0.15) is 6.42 Å². The van der Waals surface area contributed by atoms with Gasteiger partial charge in [-0.3, -0.25) is 4.79 Å². The molecule has 0 aromatic heterocycles. The fraction of sp³-hybridized carbons (Fsp3) is 0.462. The molecule has 0 spiro atoms. The molecule has 1 amide bonds. The Balaban J connectivity index is 2.73. The zero-order valence-electron chi connectivity index (χ0n) is 11.1. The van der Waals surface area contributed by atoms with Gasteiger partial charge in [0.15, 0.2) is 0 Å². The van der Waals surface area contributed by atoms with Gasteiger partial charge in [-0.2, -0.15) is 0 Å². The Kier molecular flexibility index (Phi) is 5.61. The number of rotatable bonds is 6. The lowest BCUT2D eigenvalue weighted by Crippen LogP contribution is -2.33. The molecule has 0 fully saturated rings. The van der Waals surface area contributed by atoms with Crippen molar-refractivity contribution in [1.29, 1.82) is 0 Å². The minimum Gasteiger partial charge on any atom is -0.497 e. The van der Waals surface area contributed by atoms with Crippen LogP contribution in [-0.2, 0) is 9.53 Å². The molecule has 1 rings (SSSR count). The number of hydrogen-bond donors (Lipinski definition) is 1. The Bertz CT molecular complexity index is 392. The highest BCUT2D eigenvalue weighted by atomic mass is 16.5. The predicted octanol–water partition coefficient (Wildman–Crippen LogP) is 1.02. The van der Waals surface area contributed by atoms with Crippen LogP contribution in [0.5, 0.6) is 5.75 Å². The lowest BCUT2D eigenvalue weighted by Gasteiger charge is -2.20. The molecule has 0 aliphatic heterocycles. The fourth-order valence-corrected chi connectivity index (χ4v) is 1.56. The largest absolute Gasteiger partial charge is 0.497 e. The predicted molar refractivity (Wildman–Crippen MR) is 70.9 cm³/mol. The molecule has 0 aliphatic carbocycles. The summed E-state index contributed by atoms with van der Waals surface area (Å²) in [5.41, 5.74) is 6.28. The molecule has 5 heteroatoms. The fourth-order valence-electron chi connectivity index (χ4n) is 1.56. The van der Waals surface area contributed by atoms with Crippen molar-refractivity contribution in [2.75, 3.05) is 32.7 Å². The van der Waals surface area contributed by atoms with E-state index in [1.54, 1.807) is 26.2 Å². The maximum absolute atomic E-state index is 12.0. The van der Waals surface area contributed by atoms with Crippen LogP contribution in [0.25, 0.3) is 0 Å². The number of ether oxygens (including phenoxy) is 2. The van der Waals surface area contributed by atoms with E-state index in [0.717, 1.165) is 5.69 Å². The van der Waals surface area contributed by atoms with Crippen LogP contribution < -0.4 is 15.4 Å². The van der Waals surface area contributed by atoms with Crippen molar-refractivity contribution in [3.05, 3.63) is 24.3 Å². The Morgan fingerprint density at radius 3 is 2.72 bits per heavy atom. The molecule has 0 bridgehead atoms. The monoisotopic (exact) mass is 252 g/mol. The van der Waals surface area contributed by atoms with Crippen molar-refractivity contribution < 1.29 is 14.3 Å². The Labute approximate surface area is 107 Å². The van der Waals surface area contributed by atoms with Gasteiger partial charge in [0.25, 0.3) is 0 Å². The van der Waals surface area contributed by atoms with E-state index in [2.05, 4.69) is 0 Å². The van der Waals surface area contributed by atoms with Gasteiger partial charge in [-0.15, -0.1) is 0 Å². The normalized spacial score (nSPS) is 12.0. The molecule has 1 unspecified atom stereocenters. The van der Waals surface area contributed by atoms with Crippen LogP contribution in [0.3, 0.4) is 0 Å². The second kappa shape index (κ2) is 6.98. The number of carbonyl (C=O) groups excluding carboxylic acids is 1. The molecule has 2 N–H and O–H groups in total. The highest BCUT2D eigenvalue weighted by molar-refractivity contribution is 5.93. The van der Waals surface area contributed by atoms with Gasteiger partial charge in [0.05, 0.1) is 19.6 Å². The smallest absolute Gasteiger partial charge is 0.229 e. The van der Waals surface area contributed by atoms with Crippen molar-refractivity contribution in [1.82, 2.24) is 0 Å². The zero-order chi connectivity index (χ0) is 13.5. The third-order valence-corrected chi connectivity index (χ3v) is 2.81. The molecule has 0 saturated carbocycles. The second-order valence-corrected chi connectivity index (χ2v) is 3.95. The Morgan fingerprint density at radius 1 is 1.44 bits per heavy atom. The summed E-state index contributed by atoms with van der Waals surface area (Å²) in [6.45, 7) is 0.328. The number of nitrogens with zero attached hydrogens (tertiary/aromatic N) is 1. The van der Waals surface area contributed by atoms with Crippen LogP contribution in [0.15, 0.2) is 24.3 Å². The summed E-state index contributed by atoms with van der Waals surface area (Å²) < 4.78 is 10.2. The SMILES string of the molecule is COc1cccc(N(C)C(=O)CC(CN)OC)c1. The summed E-state index contributed by atoms with van der Waals surface area (Å²) >= 11 is 0. The van der Waals surface area contributed by atoms with Gasteiger partial charge < -0.3 is 20.1 Å². The number of nitrogens with two attached hydrogens (primary N) is 1. The molecular formula is C13H20N2O3.